The summed E-state index contributed by atoms with van der Waals surface area (Å²) in [5.41, 5.74) is 0. The molecule has 2 aromatic rings. The van der Waals surface area contributed by atoms with Gasteiger partial charge in [-0.05, 0) is 0 Å². The molecule has 0 aliphatic rings. The SMILES string of the molecule is COc1ccc([Se]/C=C(/CO)[Se]c2ccc(OC)cc2)cc1. The number of hydrogen-bond donors (Lipinski definition) is 1. The van der Waals surface area contributed by atoms with Gasteiger partial charge in [-0.3, -0.25) is 0 Å². The van der Waals surface area contributed by atoms with Crippen molar-refractivity contribution in [1.82, 2.24) is 0 Å². The normalized spacial score (nSPS) is 11.3. The number of rotatable bonds is 7. The van der Waals surface area contributed by atoms with Crippen LogP contribution in [0.4, 0.5) is 0 Å². The second-order valence-corrected chi connectivity index (χ2v) is 8.81. The minimum atomic E-state index is 0.115. The first-order valence-corrected chi connectivity index (χ1v) is 10.2. The van der Waals surface area contributed by atoms with Gasteiger partial charge in [0.15, 0.2) is 0 Å². The van der Waals surface area contributed by atoms with Crippen molar-refractivity contribution >= 4 is 38.8 Å². The van der Waals surface area contributed by atoms with Crippen LogP contribution >= 0.6 is 0 Å². The van der Waals surface area contributed by atoms with Gasteiger partial charge in [0.25, 0.3) is 0 Å². The summed E-state index contributed by atoms with van der Waals surface area (Å²) in [6, 6.07) is 16.1. The Morgan fingerprint density at radius 1 is 0.909 bits per heavy atom. The van der Waals surface area contributed by atoms with Crippen LogP contribution in [0.15, 0.2) is 58.0 Å². The fraction of sp³-hybridized carbons (Fsp3) is 0.176. The summed E-state index contributed by atoms with van der Waals surface area (Å²) in [7, 11) is 3.33. The molecule has 0 amide bonds. The van der Waals surface area contributed by atoms with Crippen molar-refractivity contribution < 1.29 is 14.6 Å². The van der Waals surface area contributed by atoms with Gasteiger partial charge >= 0.3 is 144 Å². The summed E-state index contributed by atoms with van der Waals surface area (Å²) in [6.07, 6.45) is 0. The average molecular weight is 428 g/mol. The van der Waals surface area contributed by atoms with Crippen LogP contribution in [0.2, 0.25) is 0 Å². The molecule has 0 atom stereocenters. The zero-order chi connectivity index (χ0) is 15.8. The summed E-state index contributed by atoms with van der Waals surface area (Å²) < 4.78 is 13.9. The fourth-order valence-corrected chi connectivity index (χ4v) is 5.50. The third-order valence-electron chi connectivity index (χ3n) is 2.85. The molecule has 0 aromatic heterocycles. The van der Waals surface area contributed by atoms with Crippen LogP contribution in [-0.4, -0.2) is 55.8 Å². The molecule has 2 aromatic carbocycles. The van der Waals surface area contributed by atoms with Crippen molar-refractivity contribution in [3.05, 3.63) is 58.0 Å². The van der Waals surface area contributed by atoms with E-state index in [1.807, 2.05) is 24.3 Å². The Bertz CT molecular complexity index is 607. The third kappa shape index (κ3) is 5.20. The van der Waals surface area contributed by atoms with Gasteiger partial charge in [0.2, 0.25) is 0 Å². The second kappa shape index (κ2) is 9.04. The van der Waals surface area contributed by atoms with Crippen LogP contribution < -0.4 is 18.4 Å². The molecule has 1 N–H and O–H groups in total. The van der Waals surface area contributed by atoms with Crippen molar-refractivity contribution in [1.29, 1.82) is 0 Å². The Morgan fingerprint density at radius 3 is 1.86 bits per heavy atom. The average Bonchev–Trinajstić information content (AvgIpc) is 2.59. The Balaban J connectivity index is 1.99. The van der Waals surface area contributed by atoms with E-state index in [0.717, 1.165) is 16.0 Å². The monoisotopic (exact) mass is 430 g/mol. The van der Waals surface area contributed by atoms with Crippen molar-refractivity contribution in [3.8, 4) is 11.5 Å². The van der Waals surface area contributed by atoms with Gasteiger partial charge in [0.1, 0.15) is 0 Å². The molecule has 2 rings (SSSR count). The van der Waals surface area contributed by atoms with Gasteiger partial charge in [0.05, 0.1) is 0 Å². The second-order valence-electron chi connectivity index (χ2n) is 4.31. The molecule has 3 nitrogen and oxygen atoms in total. The van der Waals surface area contributed by atoms with E-state index in [9.17, 15) is 5.11 Å². The van der Waals surface area contributed by atoms with E-state index in [1.54, 1.807) is 14.2 Å². The van der Waals surface area contributed by atoms with Crippen LogP contribution in [0.5, 0.6) is 11.5 Å². The summed E-state index contributed by atoms with van der Waals surface area (Å²) in [5.74, 6) is 1.73. The van der Waals surface area contributed by atoms with Crippen LogP contribution in [0.3, 0.4) is 0 Å². The molecule has 0 aliphatic carbocycles. The van der Waals surface area contributed by atoms with Crippen molar-refractivity contribution in [2.75, 3.05) is 20.8 Å². The van der Waals surface area contributed by atoms with Gasteiger partial charge in [-0.15, -0.1) is 0 Å². The molecule has 0 bridgehead atoms. The first-order chi connectivity index (χ1) is 10.7. The quantitative estimate of drug-likeness (QED) is 0.667. The van der Waals surface area contributed by atoms with Gasteiger partial charge < -0.3 is 0 Å². The number of aliphatic hydroxyl groups excluding tert-OH is 1. The number of methoxy groups -OCH3 is 2. The minimum absolute atomic E-state index is 0.115. The molecule has 0 spiro atoms. The van der Waals surface area contributed by atoms with Crippen molar-refractivity contribution in [2.24, 2.45) is 0 Å². The molecule has 116 valence electrons. The predicted molar refractivity (Wildman–Crippen MR) is 91.9 cm³/mol. The van der Waals surface area contributed by atoms with E-state index >= 15 is 0 Å². The maximum absolute atomic E-state index is 9.56. The molecule has 0 radical (unpaired) electrons. The van der Waals surface area contributed by atoms with Gasteiger partial charge in [-0.1, -0.05) is 0 Å². The van der Waals surface area contributed by atoms with E-state index < -0.39 is 0 Å². The van der Waals surface area contributed by atoms with Crippen LogP contribution in [0.25, 0.3) is 0 Å². The summed E-state index contributed by atoms with van der Waals surface area (Å²) in [4.78, 5) is 2.18. The topological polar surface area (TPSA) is 38.7 Å². The zero-order valence-corrected chi connectivity index (χ0v) is 15.9. The Labute approximate surface area is 143 Å². The molecule has 0 heterocycles. The summed E-state index contributed by atoms with van der Waals surface area (Å²) >= 11 is 0.369. The van der Waals surface area contributed by atoms with Gasteiger partial charge in [0, 0.05) is 0 Å². The number of hydrogen-bond acceptors (Lipinski definition) is 3. The number of aliphatic hydroxyl groups is 1. The molecule has 5 heteroatoms. The first kappa shape index (κ1) is 17.1. The van der Waals surface area contributed by atoms with E-state index in [4.69, 9.17) is 9.47 Å². The summed E-state index contributed by atoms with van der Waals surface area (Å²) in [5, 5.41) is 9.56. The Kier molecular flexibility index (Phi) is 7.04. The number of benzene rings is 2. The molecule has 0 fully saturated rings. The molecule has 0 saturated heterocycles. The van der Waals surface area contributed by atoms with Gasteiger partial charge in [-0.25, -0.2) is 0 Å². The van der Waals surface area contributed by atoms with E-state index in [2.05, 4.69) is 29.2 Å². The van der Waals surface area contributed by atoms with E-state index in [-0.39, 0.29) is 36.5 Å². The molecule has 0 aliphatic heterocycles. The molecule has 0 saturated carbocycles. The Hall–Kier alpha value is -1.22. The van der Waals surface area contributed by atoms with Crippen LogP contribution in [-0.2, 0) is 0 Å². The van der Waals surface area contributed by atoms with Crippen LogP contribution in [0.1, 0.15) is 0 Å². The predicted octanol–water partition coefficient (Wildman–Crippen LogP) is 0.897. The standard InChI is InChI=1S/C17H18O3Se2/c1-19-13-3-7-15(8-4-13)21-12-17(11-18)22-16-9-5-14(20-2)6-10-16/h3-10,12,18H,11H2,1-2H3/b17-12-. The molecular weight excluding hydrogens is 410 g/mol. The fourth-order valence-electron chi connectivity index (χ4n) is 1.68. The molecular formula is C17H18O3Se2. The summed E-state index contributed by atoms with van der Waals surface area (Å²) in [6.45, 7) is 0.115. The third-order valence-corrected chi connectivity index (χ3v) is 7.73. The van der Waals surface area contributed by atoms with E-state index in [1.165, 1.54) is 8.92 Å². The van der Waals surface area contributed by atoms with E-state index in [0.29, 0.717) is 0 Å². The maximum atomic E-state index is 9.56. The Morgan fingerprint density at radius 2 is 1.41 bits per heavy atom. The zero-order valence-electron chi connectivity index (χ0n) is 12.5. The number of ether oxygens (including phenoxy) is 2. The van der Waals surface area contributed by atoms with Crippen molar-refractivity contribution in [3.63, 3.8) is 0 Å². The molecule has 0 unspecified atom stereocenters. The van der Waals surface area contributed by atoms with Gasteiger partial charge in [-0.2, -0.15) is 0 Å². The van der Waals surface area contributed by atoms with Crippen LogP contribution in [0, 0.1) is 0 Å². The first-order valence-electron chi connectivity index (χ1n) is 6.67. The van der Waals surface area contributed by atoms with Crippen molar-refractivity contribution in [2.45, 2.75) is 0 Å². The molecule has 22 heavy (non-hydrogen) atoms.